The van der Waals surface area contributed by atoms with Crippen molar-refractivity contribution in [2.75, 3.05) is 12.4 Å². The lowest BCUT2D eigenvalue weighted by molar-refractivity contribution is 0.415. The Hall–Kier alpha value is -2.57. The molecule has 6 nitrogen and oxygen atoms in total. The molecule has 1 aliphatic rings. The molecule has 8 heteroatoms. The summed E-state index contributed by atoms with van der Waals surface area (Å²) in [5.41, 5.74) is 2.69. The lowest BCUT2D eigenvalue weighted by Crippen LogP contribution is -2.20. The molecule has 1 aromatic heterocycles. The molecule has 0 spiro atoms. The van der Waals surface area contributed by atoms with Gasteiger partial charge in [0, 0.05) is 11.3 Å². The van der Waals surface area contributed by atoms with E-state index in [2.05, 4.69) is 20.8 Å². The van der Waals surface area contributed by atoms with E-state index in [1.807, 2.05) is 42.5 Å². The molecule has 0 radical (unpaired) electrons. The highest BCUT2D eigenvalue weighted by Crippen LogP contribution is 2.37. The highest BCUT2D eigenvalue weighted by Gasteiger charge is 2.26. The van der Waals surface area contributed by atoms with Crippen molar-refractivity contribution in [3.05, 3.63) is 69.7 Å². The minimum atomic E-state index is -0.269. The van der Waals surface area contributed by atoms with Gasteiger partial charge in [-0.05, 0) is 52.4 Å². The van der Waals surface area contributed by atoms with Crippen molar-refractivity contribution in [2.45, 2.75) is 6.04 Å². The van der Waals surface area contributed by atoms with E-state index in [0.717, 1.165) is 22.6 Å². The molecule has 0 amide bonds. The van der Waals surface area contributed by atoms with Crippen LogP contribution in [0.25, 0.3) is 5.70 Å². The average Bonchev–Trinajstić information content (AvgIpc) is 3.12. The Kier molecular flexibility index (Phi) is 4.07. The predicted molar refractivity (Wildman–Crippen MR) is 97.0 cm³/mol. The Morgan fingerprint density at radius 1 is 1.12 bits per heavy atom. The summed E-state index contributed by atoms with van der Waals surface area (Å²) in [6.45, 7) is 0. The average molecular weight is 374 g/mol. The van der Waals surface area contributed by atoms with E-state index in [1.54, 1.807) is 17.9 Å². The van der Waals surface area contributed by atoms with Gasteiger partial charge in [-0.2, -0.15) is 4.68 Å². The summed E-state index contributed by atoms with van der Waals surface area (Å²) in [5, 5.41) is 16.1. The molecular weight excluding hydrogens is 361 g/mol. The number of hydrogen-bond acceptors (Lipinski definition) is 5. The number of nitrogens with zero attached hydrogens (tertiary/aromatic N) is 4. The first kappa shape index (κ1) is 15.9. The maximum atomic E-state index is 6.41. The normalized spacial score (nSPS) is 16.0. The van der Waals surface area contributed by atoms with E-state index in [1.165, 1.54) is 0 Å². The summed E-state index contributed by atoms with van der Waals surface area (Å²) >= 11 is 12.6. The number of anilines is 1. The molecule has 126 valence electrons. The number of halogens is 2. The van der Waals surface area contributed by atoms with Crippen LogP contribution in [0.5, 0.6) is 5.75 Å². The maximum absolute atomic E-state index is 6.41. The molecule has 0 saturated heterocycles. The summed E-state index contributed by atoms with van der Waals surface area (Å²) in [5.74, 6) is 1.33. The molecule has 4 rings (SSSR count). The van der Waals surface area contributed by atoms with Crippen LogP contribution in [0.3, 0.4) is 0 Å². The molecule has 1 aliphatic heterocycles. The molecule has 1 unspecified atom stereocenters. The van der Waals surface area contributed by atoms with Crippen molar-refractivity contribution >= 4 is 34.8 Å². The van der Waals surface area contributed by atoms with E-state index in [9.17, 15) is 0 Å². The Bertz CT molecular complexity index is 952. The molecule has 0 aliphatic carbocycles. The van der Waals surface area contributed by atoms with E-state index in [0.29, 0.717) is 16.0 Å². The summed E-state index contributed by atoms with van der Waals surface area (Å²) in [4.78, 5) is 0. The lowest BCUT2D eigenvalue weighted by Gasteiger charge is -2.24. The molecule has 0 saturated carbocycles. The van der Waals surface area contributed by atoms with Crippen molar-refractivity contribution < 1.29 is 4.74 Å². The van der Waals surface area contributed by atoms with Crippen molar-refractivity contribution in [2.24, 2.45) is 0 Å². The SMILES string of the molecule is COc1ccc(C2=CC(c3cccc(Cl)c3Cl)n3nnnc3N2)cc1. The molecule has 1 atom stereocenters. The van der Waals surface area contributed by atoms with Gasteiger partial charge in [-0.1, -0.05) is 40.4 Å². The molecule has 1 N–H and O–H groups in total. The maximum Gasteiger partial charge on any atom is 0.248 e. The highest BCUT2D eigenvalue weighted by atomic mass is 35.5. The molecule has 3 aromatic rings. The van der Waals surface area contributed by atoms with Crippen LogP contribution >= 0.6 is 23.2 Å². The van der Waals surface area contributed by atoms with Gasteiger partial charge < -0.3 is 10.1 Å². The Balaban J connectivity index is 1.81. The third kappa shape index (κ3) is 2.83. The number of rotatable bonds is 3. The van der Waals surface area contributed by atoms with Gasteiger partial charge in [0.2, 0.25) is 5.95 Å². The topological polar surface area (TPSA) is 64.9 Å². The van der Waals surface area contributed by atoms with Crippen LogP contribution in [0.4, 0.5) is 5.95 Å². The largest absolute Gasteiger partial charge is 0.497 e. The zero-order valence-electron chi connectivity index (χ0n) is 13.1. The van der Waals surface area contributed by atoms with E-state index in [-0.39, 0.29) is 6.04 Å². The van der Waals surface area contributed by atoms with Crippen LogP contribution in [-0.4, -0.2) is 27.3 Å². The van der Waals surface area contributed by atoms with Gasteiger partial charge in [-0.3, -0.25) is 0 Å². The van der Waals surface area contributed by atoms with Gasteiger partial charge in [-0.15, -0.1) is 0 Å². The Morgan fingerprint density at radius 2 is 1.92 bits per heavy atom. The second-order valence-electron chi connectivity index (χ2n) is 5.47. The number of hydrogen-bond donors (Lipinski definition) is 1. The first-order valence-corrected chi connectivity index (χ1v) is 8.28. The minimum absolute atomic E-state index is 0.269. The fourth-order valence-electron chi connectivity index (χ4n) is 2.76. The number of methoxy groups -OCH3 is 1. The zero-order chi connectivity index (χ0) is 17.4. The standard InChI is InChI=1S/C17H13Cl2N5O/c1-25-11-7-5-10(6-8-11)14-9-15(24-17(20-14)21-22-23-24)12-3-2-4-13(18)16(12)19/h2-9,15H,1H3,(H,20,21,23). The van der Waals surface area contributed by atoms with Gasteiger partial charge >= 0.3 is 0 Å². The fraction of sp³-hybridized carbons (Fsp3) is 0.118. The van der Waals surface area contributed by atoms with Gasteiger partial charge in [0.1, 0.15) is 11.8 Å². The van der Waals surface area contributed by atoms with Gasteiger partial charge in [0.15, 0.2) is 0 Å². The van der Waals surface area contributed by atoms with E-state index < -0.39 is 0 Å². The van der Waals surface area contributed by atoms with Crippen molar-refractivity contribution in [3.8, 4) is 5.75 Å². The van der Waals surface area contributed by atoms with Gasteiger partial charge in [-0.25, -0.2) is 0 Å². The van der Waals surface area contributed by atoms with Crippen LogP contribution in [0.2, 0.25) is 10.0 Å². The minimum Gasteiger partial charge on any atom is -0.497 e. The monoisotopic (exact) mass is 373 g/mol. The predicted octanol–water partition coefficient (Wildman–Crippen LogP) is 4.04. The number of tetrazole rings is 1. The number of nitrogens with one attached hydrogen (secondary N) is 1. The molecular formula is C17H13Cl2N5O. The third-order valence-corrected chi connectivity index (χ3v) is 4.86. The molecule has 25 heavy (non-hydrogen) atoms. The van der Waals surface area contributed by atoms with Crippen LogP contribution in [0, 0.1) is 0 Å². The zero-order valence-corrected chi connectivity index (χ0v) is 14.7. The van der Waals surface area contributed by atoms with Gasteiger partial charge in [0.25, 0.3) is 0 Å². The number of ether oxygens (including phenoxy) is 1. The Morgan fingerprint density at radius 3 is 2.68 bits per heavy atom. The molecule has 0 fully saturated rings. The number of allylic oxidation sites excluding steroid dienone is 1. The van der Waals surface area contributed by atoms with Crippen molar-refractivity contribution in [1.82, 2.24) is 20.2 Å². The number of aromatic nitrogens is 4. The quantitative estimate of drug-likeness (QED) is 0.750. The van der Waals surface area contributed by atoms with Gasteiger partial charge in [0.05, 0.1) is 17.2 Å². The van der Waals surface area contributed by atoms with Crippen LogP contribution in [0.15, 0.2) is 48.5 Å². The second kappa shape index (κ2) is 6.38. The van der Waals surface area contributed by atoms with Crippen molar-refractivity contribution in [1.29, 1.82) is 0 Å². The molecule has 2 aromatic carbocycles. The summed E-state index contributed by atoms with van der Waals surface area (Å²) < 4.78 is 6.88. The highest BCUT2D eigenvalue weighted by molar-refractivity contribution is 6.42. The second-order valence-corrected chi connectivity index (χ2v) is 6.25. The molecule has 2 heterocycles. The fourth-order valence-corrected chi connectivity index (χ4v) is 3.18. The van der Waals surface area contributed by atoms with Crippen molar-refractivity contribution in [3.63, 3.8) is 0 Å². The van der Waals surface area contributed by atoms with Crippen LogP contribution in [0.1, 0.15) is 17.2 Å². The molecule has 0 bridgehead atoms. The first-order chi connectivity index (χ1) is 12.2. The lowest BCUT2D eigenvalue weighted by atomic mass is 10.0. The first-order valence-electron chi connectivity index (χ1n) is 7.52. The third-order valence-electron chi connectivity index (χ3n) is 4.03. The Labute approximate surface area is 154 Å². The summed E-state index contributed by atoms with van der Waals surface area (Å²) in [7, 11) is 1.64. The number of benzene rings is 2. The van der Waals surface area contributed by atoms with E-state index >= 15 is 0 Å². The van der Waals surface area contributed by atoms with E-state index in [4.69, 9.17) is 27.9 Å². The van der Waals surface area contributed by atoms with Crippen LogP contribution < -0.4 is 10.1 Å². The summed E-state index contributed by atoms with van der Waals surface area (Å²) in [6.07, 6.45) is 2.02. The summed E-state index contributed by atoms with van der Waals surface area (Å²) in [6, 6.07) is 13.0. The van der Waals surface area contributed by atoms with Crippen LogP contribution in [-0.2, 0) is 0 Å². The number of fused-ring (bicyclic) bond motifs is 1. The smallest absolute Gasteiger partial charge is 0.248 e.